The molecule has 2 aromatic carbocycles. The number of anilines is 3. The van der Waals surface area contributed by atoms with E-state index in [0.29, 0.717) is 29.9 Å². The van der Waals surface area contributed by atoms with Gasteiger partial charge in [-0.2, -0.15) is 28.4 Å². The molecule has 16 heteroatoms. The van der Waals surface area contributed by atoms with Gasteiger partial charge in [0.05, 0.1) is 21.4 Å². The molecule has 2 aliphatic rings. The monoisotopic (exact) mass is 698 g/mol. The molecule has 0 amide bonds. The highest BCUT2D eigenvalue weighted by Crippen LogP contribution is 2.48. The number of ether oxygens (including phenoxy) is 1. The molecule has 0 unspecified atom stereocenters. The van der Waals surface area contributed by atoms with Gasteiger partial charge >= 0.3 is 12.2 Å². The van der Waals surface area contributed by atoms with Crippen LogP contribution in [0.15, 0.2) is 36.5 Å². The second-order valence-corrected chi connectivity index (χ2v) is 13.4. The van der Waals surface area contributed by atoms with Crippen molar-refractivity contribution in [3.63, 3.8) is 0 Å². The zero-order valence-electron chi connectivity index (χ0n) is 25.9. The number of pyridine rings is 1. The van der Waals surface area contributed by atoms with E-state index in [0.717, 1.165) is 24.6 Å². The van der Waals surface area contributed by atoms with Crippen molar-refractivity contribution >= 4 is 49.0 Å². The smallest absolute Gasteiger partial charge is 0.417 e. The normalized spacial score (nSPS) is 19.4. The van der Waals surface area contributed by atoms with Gasteiger partial charge in [-0.15, -0.1) is 11.3 Å². The molecule has 9 nitrogen and oxygen atoms in total. The first-order chi connectivity index (χ1) is 23.3. The van der Waals surface area contributed by atoms with E-state index in [2.05, 4.69) is 15.0 Å². The lowest BCUT2D eigenvalue weighted by molar-refractivity contribution is -0.137. The lowest BCUT2D eigenvalue weighted by Gasteiger charge is -2.31. The third-order valence-corrected chi connectivity index (χ3v) is 10.3. The van der Waals surface area contributed by atoms with Gasteiger partial charge in [-0.05, 0) is 43.1 Å². The van der Waals surface area contributed by atoms with Gasteiger partial charge in [-0.3, -0.25) is 4.90 Å². The molecule has 7 rings (SSSR count). The van der Waals surface area contributed by atoms with Gasteiger partial charge < -0.3 is 21.1 Å². The van der Waals surface area contributed by atoms with E-state index < -0.39 is 46.2 Å². The Morgan fingerprint density at radius 2 is 2.00 bits per heavy atom. The van der Waals surface area contributed by atoms with Crippen LogP contribution in [0.2, 0.25) is 0 Å². The Morgan fingerprint density at radius 1 is 1.20 bits per heavy atom. The maximum Gasteiger partial charge on any atom is 0.417 e. The Balaban J connectivity index is 1.45. The van der Waals surface area contributed by atoms with Crippen molar-refractivity contribution in [3.05, 3.63) is 64.9 Å². The van der Waals surface area contributed by atoms with Crippen LogP contribution >= 0.6 is 11.3 Å². The fourth-order valence-electron chi connectivity index (χ4n) is 7.10. The maximum absolute atomic E-state index is 17.0. The summed E-state index contributed by atoms with van der Waals surface area (Å²) >= 11 is 0.676. The van der Waals surface area contributed by atoms with E-state index in [1.165, 1.54) is 18.1 Å². The predicted molar refractivity (Wildman–Crippen MR) is 174 cm³/mol. The molecular weight excluding hydrogens is 670 g/mol. The molecule has 0 aliphatic carbocycles. The van der Waals surface area contributed by atoms with Crippen LogP contribution < -0.4 is 21.1 Å². The minimum Gasteiger partial charge on any atom is -0.461 e. The summed E-state index contributed by atoms with van der Waals surface area (Å²) in [4.78, 5) is 16.3. The summed E-state index contributed by atoms with van der Waals surface area (Å²) in [5.41, 5.74) is 8.39. The van der Waals surface area contributed by atoms with Crippen molar-refractivity contribution in [2.24, 2.45) is 0 Å². The Bertz CT molecular complexity index is 2170. The molecule has 49 heavy (non-hydrogen) atoms. The lowest BCUT2D eigenvalue weighted by atomic mass is 9.92. The minimum absolute atomic E-state index is 0.0228. The van der Waals surface area contributed by atoms with E-state index in [-0.39, 0.29) is 75.4 Å². The van der Waals surface area contributed by atoms with E-state index in [9.17, 15) is 27.2 Å². The molecule has 254 valence electrons. The number of benzene rings is 2. The molecule has 0 bridgehead atoms. The summed E-state index contributed by atoms with van der Waals surface area (Å²) in [5, 5.41) is 9.13. The zero-order chi connectivity index (χ0) is 34.8. The highest BCUT2D eigenvalue weighted by molar-refractivity contribution is 7.23. The summed E-state index contributed by atoms with van der Waals surface area (Å²) in [7, 11) is 1.54. The number of nitrogen functional groups attached to an aromatic ring is 2. The van der Waals surface area contributed by atoms with E-state index >= 15 is 4.39 Å². The van der Waals surface area contributed by atoms with Crippen LogP contribution in [0.3, 0.4) is 0 Å². The van der Waals surface area contributed by atoms with E-state index in [4.69, 9.17) is 16.2 Å². The van der Waals surface area contributed by atoms with Crippen LogP contribution in [0, 0.1) is 23.0 Å². The Kier molecular flexibility index (Phi) is 7.94. The van der Waals surface area contributed by atoms with Crippen LogP contribution in [0.5, 0.6) is 6.01 Å². The van der Waals surface area contributed by atoms with Crippen LogP contribution in [0.1, 0.15) is 36.0 Å². The molecule has 5 heterocycles. The number of nitriles is 1. The van der Waals surface area contributed by atoms with E-state index in [1.54, 1.807) is 12.1 Å². The molecule has 5 aromatic rings. The SMILES string of the molecule is CN(Cc1cccnc1N)c1nc(OC[C@@]23CCCN2C[C@H](F)C3)nc2c(F)c(-c3ccc(F)c4sc(N)c(C#N)c34)c(C(F)(F)F)cc12. The number of nitrogens with zero attached hydrogens (tertiary/aromatic N) is 6. The summed E-state index contributed by atoms with van der Waals surface area (Å²) < 4.78 is 96.9. The van der Waals surface area contributed by atoms with Gasteiger partial charge in [0, 0.05) is 54.7 Å². The van der Waals surface area contributed by atoms with Crippen LogP contribution in [0.25, 0.3) is 32.1 Å². The third kappa shape index (κ3) is 5.50. The van der Waals surface area contributed by atoms with Crippen molar-refractivity contribution in [2.75, 3.05) is 43.1 Å². The molecule has 0 saturated carbocycles. The van der Waals surface area contributed by atoms with Crippen LogP contribution in [0.4, 0.5) is 43.0 Å². The first-order valence-corrected chi connectivity index (χ1v) is 16.1. The first-order valence-electron chi connectivity index (χ1n) is 15.3. The largest absolute Gasteiger partial charge is 0.461 e. The average Bonchev–Trinajstić information content (AvgIpc) is 3.70. The standard InChI is InChI=1S/C33H28F6N8OS/c1-46(13-16-4-2-8-43-28(16)41)30-19-10-21(33(37,38)39)24(18-5-6-22(35)27-23(18)20(12-40)29(42)49-27)25(36)26(19)44-31(45-30)48-15-32-7-3-9-47(32)14-17(34)11-32/h2,4-6,8,10,17H,3,7,9,11,13-15,42H2,1H3,(H2,41,43)/t17-,32+/m1/s1. The molecule has 2 aliphatic heterocycles. The number of nitrogens with two attached hydrogens (primary N) is 2. The quantitative estimate of drug-likeness (QED) is 0.176. The number of halogens is 6. The number of hydrogen-bond donors (Lipinski definition) is 2. The fraction of sp³-hybridized carbons (Fsp3) is 0.333. The Morgan fingerprint density at radius 3 is 2.73 bits per heavy atom. The van der Waals surface area contributed by atoms with Crippen molar-refractivity contribution in [1.82, 2.24) is 19.9 Å². The average molecular weight is 699 g/mol. The van der Waals surface area contributed by atoms with Crippen molar-refractivity contribution in [3.8, 4) is 23.2 Å². The lowest BCUT2D eigenvalue weighted by Crippen LogP contribution is -2.43. The van der Waals surface area contributed by atoms with Crippen LogP contribution in [-0.2, 0) is 12.7 Å². The van der Waals surface area contributed by atoms with Gasteiger partial charge in [0.15, 0.2) is 5.82 Å². The van der Waals surface area contributed by atoms with Crippen molar-refractivity contribution in [1.29, 1.82) is 5.26 Å². The molecule has 2 saturated heterocycles. The summed E-state index contributed by atoms with van der Waals surface area (Å²) in [5.74, 6) is -2.14. The first kappa shape index (κ1) is 32.7. The molecule has 3 aromatic heterocycles. The number of aromatic nitrogens is 3. The second-order valence-electron chi connectivity index (χ2n) is 12.4. The summed E-state index contributed by atoms with van der Waals surface area (Å²) in [6, 6.07) is 7.42. The van der Waals surface area contributed by atoms with Gasteiger partial charge in [0.2, 0.25) is 0 Å². The second kappa shape index (κ2) is 11.9. The number of fused-ring (bicyclic) bond motifs is 3. The summed E-state index contributed by atoms with van der Waals surface area (Å²) in [6.45, 7) is 0.941. The molecule has 2 fully saturated rings. The summed E-state index contributed by atoms with van der Waals surface area (Å²) in [6.07, 6.45) is -2.96. The topological polar surface area (TPSA) is 130 Å². The van der Waals surface area contributed by atoms with Crippen LogP contribution in [-0.4, -0.2) is 58.3 Å². The van der Waals surface area contributed by atoms with Crippen molar-refractivity contribution in [2.45, 2.75) is 43.7 Å². The highest BCUT2D eigenvalue weighted by Gasteiger charge is 2.49. The number of hydrogen-bond acceptors (Lipinski definition) is 10. The van der Waals surface area contributed by atoms with Gasteiger partial charge in [-0.1, -0.05) is 12.1 Å². The van der Waals surface area contributed by atoms with Crippen molar-refractivity contribution < 1.29 is 31.1 Å². The Labute approximate surface area is 279 Å². The number of alkyl halides is 4. The third-order valence-electron chi connectivity index (χ3n) is 9.32. The Hall–Kier alpha value is -4.88. The molecule has 0 radical (unpaired) electrons. The molecule has 2 atom stereocenters. The minimum atomic E-state index is -5.12. The maximum atomic E-state index is 17.0. The zero-order valence-corrected chi connectivity index (χ0v) is 26.7. The molecule has 0 spiro atoms. The number of thiophene rings is 1. The number of rotatable bonds is 7. The predicted octanol–water partition coefficient (Wildman–Crippen LogP) is 6.83. The highest BCUT2D eigenvalue weighted by atomic mass is 32.1. The van der Waals surface area contributed by atoms with E-state index in [1.807, 2.05) is 11.0 Å². The fourth-order valence-corrected chi connectivity index (χ4v) is 8.05. The van der Waals surface area contributed by atoms with Gasteiger partial charge in [0.1, 0.15) is 46.8 Å². The van der Waals surface area contributed by atoms with Gasteiger partial charge in [0.25, 0.3) is 0 Å². The molecule has 4 N–H and O–H groups in total. The molecular formula is C33H28F6N8OS. The van der Waals surface area contributed by atoms with Gasteiger partial charge in [-0.25, -0.2) is 18.2 Å².